The number of anilines is 1. The molecule has 3 aromatic rings. The summed E-state index contributed by atoms with van der Waals surface area (Å²) in [4.78, 5) is 16.6. The van der Waals surface area contributed by atoms with E-state index in [1.54, 1.807) is 0 Å². The maximum absolute atomic E-state index is 12.1. The molecule has 0 aliphatic heterocycles. The maximum atomic E-state index is 12.1. The first-order valence-electron chi connectivity index (χ1n) is 8.75. The second-order valence-electron chi connectivity index (χ2n) is 5.89. The zero-order chi connectivity index (χ0) is 18.4. The van der Waals surface area contributed by atoms with Crippen LogP contribution in [0.2, 0.25) is 0 Å². The minimum absolute atomic E-state index is 0.0306. The number of ether oxygens (including phenoxy) is 1. The first kappa shape index (κ1) is 18.1. The van der Waals surface area contributed by atoms with Gasteiger partial charge in [-0.2, -0.15) is 0 Å². The molecule has 3 rings (SSSR count). The number of aromatic nitrogens is 1. The number of nitrogens with zero attached hydrogens (tertiary/aromatic N) is 1. The van der Waals surface area contributed by atoms with Crippen molar-refractivity contribution in [2.75, 3.05) is 11.9 Å². The Kier molecular flexibility index (Phi) is 6.02. The molecule has 26 heavy (non-hydrogen) atoms. The lowest BCUT2D eigenvalue weighted by Crippen LogP contribution is -2.20. The van der Waals surface area contributed by atoms with Gasteiger partial charge >= 0.3 is 0 Å². The van der Waals surface area contributed by atoms with Crippen LogP contribution < -0.4 is 10.1 Å². The molecule has 0 bridgehead atoms. The Morgan fingerprint density at radius 3 is 2.58 bits per heavy atom. The van der Waals surface area contributed by atoms with Gasteiger partial charge in [0.05, 0.1) is 5.69 Å². The fourth-order valence-electron chi connectivity index (χ4n) is 2.61. The molecule has 1 amide bonds. The molecule has 0 spiro atoms. The zero-order valence-electron chi connectivity index (χ0n) is 15.0. The van der Waals surface area contributed by atoms with Crippen LogP contribution in [0, 0.1) is 0 Å². The summed E-state index contributed by atoms with van der Waals surface area (Å²) in [7, 11) is 0. The number of rotatable bonds is 7. The van der Waals surface area contributed by atoms with Crippen molar-refractivity contribution < 1.29 is 9.53 Å². The number of carbonyl (C=O) groups is 1. The summed E-state index contributed by atoms with van der Waals surface area (Å²) >= 11 is 1.41. The highest BCUT2D eigenvalue weighted by Crippen LogP contribution is 2.25. The van der Waals surface area contributed by atoms with Crippen LogP contribution in [-0.4, -0.2) is 17.5 Å². The van der Waals surface area contributed by atoms with Gasteiger partial charge in [0.1, 0.15) is 5.75 Å². The second-order valence-corrected chi connectivity index (χ2v) is 6.74. The number of carbonyl (C=O) groups excluding carboxylic acids is 1. The van der Waals surface area contributed by atoms with Crippen molar-refractivity contribution in [1.29, 1.82) is 0 Å². The lowest BCUT2D eigenvalue weighted by molar-refractivity contribution is -0.118. The molecule has 0 radical (unpaired) electrons. The average molecular weight is 366 g/mol. The summed E-state index contributed by atoms with van der Waals surface area (Å²) in [6.45, 7) is 4.16. The molecular formula is C21H22N2O2S. The van der Waals surface area contributed by atoms with E-state index in [1.165, 1.54) is 16.9 Å². The van der Waals surface area contributed by atoms with E-state index >= 15 is 0 Å². The van der Waals surface area contributed by atoms with Crippen LogP contribution in [0.1, 0.15) is 25.0 Å². The number of benzene rings is 2. The number of hydrogen-bond donors (Lipinski definition) is 1. The molecule has 0 aliphatic rings. The van der Waals surface area contributed by atoms with Crippen LogP contribution in [0.25, 0.3) is 11.3 Å². The molecule has 2 aromatic carbocycles. The smallest absolute Gasteiger partial charge is 0.264 e. The molecular weight excluding hydrogens is 344 g/mol. The van der Waals surface area contributed by atoms with Gasteiger partial charge in [-0.3, -0.25) is 10.1 Å². The maximum Gasteiger partial charge on any atom is 0.264 e. The van der Waals surface area contributed by atoms with E-state index in [0.717, 1.165) is 35.4 Å². The topological polar surface area (TPSA) is 51.2 Å². The Labute approximate surface area is 157 Å². The summed E-state index contributed by atoms with van der Waals surface area (Å²) in [5.41, 5.74) is 4.30. The van der Waals surface area contributed by atoms with E-state index in [4.69, 9.17) is 4.74 Å². The third-order valence-electron chi connectivity index (χ3n) is 4.12. The van der Waals surface area contributed by atoms with Gasteiger partial charge in [0, 0.05) is 10.9 Å². The van der Waals surface area contributed by atoms with Crippen LogP contribution in [-0.2, 0) is 17.6 Å². The molecule has 0 atom stereocenters. The zero-order valence-corrected chi connectivity index (χ0v) is 15.8. The minimum Gasteiger partial charge on any atom is -0.483 e. The Bertz CT molecular complexity index is 872. The molecule has 0 saturated heterocycles. The summed E-state index contributed by atoms with van der Waals surface area (Å²) in [5.74, 6) is 0.541. The lowest BCUT2D eigenvalue weighted by Gasteiger charge is -2.09. The van der Waals surface area contributed by atoms with E-state index in [1.807, 2.05) is 29.6 Å². The van der Waals surface area contributed by atoms with Gasteiger partial charge in [-0.25, -0.2) is 4.98 Å². The number of nitrogens with one attached hydrogen (secondary N) is 1. The highest BCUT2D eigenvalue weighted by atomic mass is 32.1. The largest absolute Gasteiger partial charge is 0.483 e. The van der Waals surface area contributed by atoms with Gasteiger partial charge in [0.2, 0.25) is 0 Å². The predicted octanol–water partition coefficient (Wildman–Crippen LogP) is 4.95. The van der Waals surface area contributed by atoms with Crippen molar-refractivity contribution in [3.05, 3.63) is 65.0 Å². The van der Waals surface area contributed by atoms with Crippen molar-refractivity contribution in [3.8, 4) is 17.0 Å². The quantitative estimate of drug-likeness (QED) is 0.643. The van der Waals surface area contributed by atoms with E-state index < -0.39 is 0 Å². The minimum atomic E-state index is -0.210. The Morgan fingerprint density at radius 1 is 1.08 bits per heavy atom. The Hall–Kier alpha value is -2.66. The SMILES string of the molecule is CCc1ccc(-c2csc(NC(=O)COc3ccccc3CC)n2)cc1. The van der Waals surface area contributed by atoms with E-state index in [2.05, 4.69) is 48.4 Å². The molecule has 5 heteroatoms. The number of aryl methyl sites for hydroxylation is 2. The molecule has 1 N–H and O–H groups in total. The fourth-order valence-corrected chi connectivity index (χ4v) is 3.35. The summed E-state index contributed by atoms with van der Waals surface area (Å²) in [5, 5.41) is 5.33. The third kappa shape index (κ3) is 4.49. The Balaban J connectivity index is 1.59. The fraction of sp³-hybridized carbons (Fsp3) is 0.238. The van der Waals surface area contributed by atoms with Crippen molar-refractivity contribution in [3.63, 3.8) is 0 Å². The van der Waals surface area contributed by atoms with Crippen molar-refractivity contribution >= 4 is 22.4 Å². The van der Waals surface area contributed by atoms with Crippen LogP contribution in [0.3, 0.4) is 0 Å². The number of hydrogen-bond acceptors (Lipinski definition) is 4. The number of para-hydroxylation sites is 1. The molecule has 0 unspecified atom stereocenters. The normalized spacial score (nSPS) is 10.5. The molecule has 1 aromatic heterocycles. The van der Waals surface area contributed by atoms with Crippen LogP contribution >= 0.6 is 11.3 Å². The molecule has 134 valence electrons. The predicted molar refractivity (Wildman–Crippen MR) is 107 cm³/mol. The number of thiazole rings is 1. The lowest BCUT2D eigenvalue weighted by atomic mass is 10.1. The molecule has 0 aliphatic carbocycles. The first-order chi connectivity index (χ1) is 12.7. The summed E-state index contributed by atoms with van der Waals surface area (Å²) < 4.78 is 5.64. The van der Waals surface area contributed by atoms with Crippen molar-refractivity contribution in [2.45, 2.75) is 26.7 Å². The highest BCUT2D eigenvalue weighted by molar-refractivity contribution is 7.14. The first-order valence-corrected chi connectivity index (χ1v) is 9.63. The third-order valence-corrected chi connectivity index (χ3v) is 4.88. The van der Waals surface area contributed by atoms with E-state index in [-0.39, 0.29) is 12.5 Å². The van der Waals surface area contributed by atoms with Gasteiger partial charge in [-0.15, -0.1) is 11.3 Å². The van der Waals surface area contributed by atoms with Crippen molar-refractivity contribution in [2.24, 2.45) is 0 Å². The molecule has 0 saturated carbocycles. The molecule has 0 fully saturated rings. The van der Waals surface area contributed by atoms with Crippen LogP contribution in [0.4, 0.5) is 5.13 Å². The van der Waals surface area contributed by atoms with Gasteiger partial charge < -0.3 is 4.74 Å². The monoisotopic (exact) mass is 366 g/mol. The summed E-state index contributed by atoms with van der Waals surface area (Å²) in [6, 6.07) is 16.1. The van der Waals surface area contributed by atoms with Crippen molar-refractivity contribution in [1.82, 2.24) is 4.98 Å². The van der Waals surface area contributed by atoms with E-state index in [0.29, 0.717) is 5.13 Å². The second kappa shape index (κ2) is 8.63. The van der Waals surface area contributed by atoms with Crippen LogP contribution in [0.15, 0.2) is 53.9 Å². The standard InChI is InChI=1S/C21H22N2O2S/c1-3-15-9-11-17(12-10-15)18-14-26-21(22-18)23-20(24)13-25-19-8-6-5-7-16(19)4-2/h5-12,14H,3-4,13H2,1-2H3,(H,22,23,24). The van der Waals surface area contributed by atoms with Gasteiger partial charge in [-0.05, 0) is 30.0 Å². The highest BCUT2D eigenvalue weighted by Gasteiger charge is 2.10. The average Bonchev–Trinajstić information content (AvgIpc) is 3.15. The van der Waals surface area contributed by atoms with Crippen LogP contribution in [0.5, 0.6) is 5.75 Å². The Morgan fingerprint density at radius 2 is 1.85 bits per heavy atom. The van der Waals surface area contributed by atoms with Gasteiger partial charge in [0.25, 0.3) is 5.91 Å². The number of amides is 1. The molecule has 4 nitrogen and oxygen atoms in total. The summed E-state index contributed by atoms with van der Waals surface area (Å²) in [6.07, 6.45) is 1.88. The van der Waals surface area contributed by atoms with E-state index in [9.17, 15) is 4.79 Å². The van der Waals surface area contributed by atoms with Gasteiger partial charge in [0.15, 0.2) is 11.7 Å². The molecule has 1 heterocycles. The van der Waals surface area contributed by atoms with Gasteiger partial charge in [-0.1, -0.05) is 56.3 Å².